The van der Waals surface area contributed by atoms with E-state index in [9.17, 15) is 9.90 Å². The van der Waals surface area contributed by atoms with Crippen LogP contribution in [0, 0.1) is 5.41 Å². The van der Waals surface area contributed by atoms with Crippen LogP contribution in [-0.2, 0) is 4.79 Å². The van der Waals surface area contributed by atoms with Crippen molar-refractivity contribution in [1.29, 1.82) is 0 Å². The Kier molecular flexibility index (Phi) is 6.09. The summed E-state index contributed by atoms with van der Waals surface area (Å²) in [6.45, 7) is 0.461. The van der Waals surface area contributed by atoms with Crippen LogP contribution in [0.15, 0.2) is 28.7 Å². The number of halogens is 1. The van der Waals surface area contributed by atoms with E-state index in [1.165, 1.54) is 6.42 Å². The molecule has 0 unspecified atom stereocenters. The van der Waals surface area contributed by atoms with E-state index in [1.807, 2.05) is 24.3 Å². The predicted molar refractivity (Wildman–Crippen MR) is 86.6 cm³/mol. The molecule has 0 aromatic heterocycles. The van der Waals surface area contributed by atoms with Gasteiger partial charge in [0.05, 0.1) is 12.0 Å². The third-order valence-corrected chi connectivity index (χ3v) is 4.90. The Morgan fingerprint density at radius 2 is 1.86 bits per heavy atom. The molecule has 0 saturated heterocycles. The Balaban J connectivity index is 1.94. The van der Waals surface area contributed by atoms with E-state index in [0.717, 1.165) is 48.7 Å². The van der Waals surface area contributed by atoms with Gasteiger partial charge in [-0.05, 0) is 37.5 Å². The van der Waals surface area contributed by atoms with Crippen molar-refractivity contribution in [2.24, 2.45) is 5.41 Å². The minimum absolute atomic E-state index is 0.461. The average molecular weight is 355 g/mol. The number of hydrogen-bond acceptors (Lipinski definition) is 2. The Morgan fingerprint density at radius 3 is 2.48 bits per heavy atom. The van der Waals surface area contributed by atoms with Crippen LogP contribution < -0.4 is 4.74 Å². The summed E-state index contributed by atoms with van der Waals surface area (Å²) in [6.07, 6.45) is 7.74. The normalized spacial score (nSPS) is 18.5. The van der Waals surface area contributed by atoms with E-state index >= 15 is 0 Å². The standard InChI is InChI=1S/C17H23BrO3/c18-14-7-6-8-15(13-14)21-12-11-17(16(19)20)9-4-2-1-3-5-10-17/h6-8,13H,1-5,9-12H2,(H,19,20). The second kappa shape index (κ2) is 7.83. The molecule has 2 rings (SSSR count). The Morgan fingerprint density at radius 1 is 1.19 bits per heavy atom. The number of carboxylic acids is 1. The SMILES string of the molecule is O=C(O)C1(CCOc2cccc(Br)c2)CCCCCCC1. The maximum absolute atomic E-state index is 11.8. The lowest BCUT2D eigenvalue weighted by atomic mass is 9.74. The van der Waals surface area contributed by atoms with Crippen molar-refractivity contribution in [3.63, 3.8) is 0 Å². The van der Waals surface area contributed by atoms with Crippen LogP contribution in [-0.4, -0.2) is 17.7 Å². The zero-order valence-corrected chi connectivity index (χ0v) is 13.9. The number of carboxylic acid groups (broad SMARTS) is 1. The van der Waals surface area contributed by atoms with Gasteiger partial charge in [0.25, 0.3) is 0 Å². The van der Waals surface area contributed by atoms with Gasteiger partial charge in [-0.2, -0.15) is 0 Å². The first kappa shape index (κ1) is 16.3. The molecule has 1 saturated carbocycles. The summed E-state index contributed by atoms with van der Waals surface area (Å²) in [7, 11) is 0. The van der Waals surface area contributed by atoms with Crippen molar-refractivity contribution in [2.45, 2.75) is 51.4 Å². The molecular weight excluding hydrogens is 332 g/mol. The fraction of sp³-hybridized carbons (Fsp3) is 0.588. The Bertz CT molecular complexity index is 465. The lowest BCUT2D eigenvalue weighted by Crippen LogP contribution is -2.33. The number of hydrogen-bond donors (Lipinski definition) is 1. The van der Waals surface area contributed by atoms with Crippen molar-refractivity contribution in [3.8, 4) is 5.75 Å². The molecule has 21 heavy (non-hydrogen) atoms. The molecule has 0 amide bonds. The summed E-state index contributed by atoms with van der Waals surface area (Å²) in [5.74, 6) is 0.137. The summed E-state index contributed by atoms with van der Waals surface area (Å²) in [5, 5.41) is 9.68. The van der Waals surface area contributed by atoms with Gasteiger partial charge in [-0.25, -0.2) is 0 Å². The highest BCUT2D eigenvalue weighted by Gasteiger charge is 2.37. The van der Waals surface area contributed by atoms with E-state index in [2.05, 4.69) is 15.9 Å². The minimum atomic E-state index is -0.651. The summed E-state index contributed by atoms with van der Waals surface area (Å²) in [5.41, 5.74) is -0.591. The summed E-state index contributed by atoms with van der Waals surface area (Å²) < 4.78 is 6.71. The first-order valence-corrected chi connectivity index (χ1v) is 8.53. The van der Waals surface area contributed by atoms with Gasteiger partial charge in [-0.15, -0.1) is 0 Å². The van der Waals surface area contributed by atoms with Gasteiger partial charge in [0.15, 0.2) is 0 Å². The van der Waals surface area contributed by atoms with Crippen LogP contribution in [0.3, 0.4) is 0 Å². The fourth-order valence-corrected chi connectivity index (χ4v) is 3.45. The quantitative estimate of drug-likeness (QED) is 0.805. The molecule has 0 aliphatic heterocycles. The van der Waals surface area contributed by atoms with Crippen LogP contribution in [0.25, 0.3) is 0 Å². The van der Waals surface area contributed by atoms with Crippen LogP contribution >= 0.6 is 15.9 Å². The lowest BCUT2D eigenvalue weighted by Gasteiger charge is -2.31. The molecule has 1 aliphatic carbocycles. The van der Waals surface area contributed by atoms with E-state index in [1.54, 1.807) is 0 Å². The monoisotopic (exact) mass is 354 g/mol. The Labute approximate surface area is 134 Å². The third-order valence-electron chi connectivity index (χ3n) is 4.41. The average Bonchev–Trinajstić information content (AvgIpc) is 2.41. The van der Waals surface area contributed by atoms with Gasteiger partial charge >= 0.3 is 5.97 Å². The summed E-state index contributed by atoms with van der Waals surface area (Å²) >= 11 is 3.41. The highest BCUT2D eigenvalue weighted by Crippen LogP contribution is 2.37. The van der Waals surface area contributed by atoms with Gasteiger partial charge in [0.2, 0.25) is 0 Å². The van der Waals surface area contributed by atoms with E-state index in [-0.39, 0.29) is 0 Å². The van der Waals surface area contributed by atoms with Crippen molar-refractivity contribution in [2.75, 3.05) is 6.61 Å². The number of benzene rings is 1. The molecule has 1 aromatic carbocycles. The first-order valence-electron chi connectivity index (χ1n) is 7.74. The number of rotatable bonds is 5. The highest BCUT2D eigenvalue weighted by atomic mass is 79.9. The molecule has 3 nitrogen and oxygen atoms in total. The number of aliphatic carboxylic acids is 1. The van der Waals surface area contributed by atoms with Crippen LogP contribution in [0.4, 0.5) is 0 Å². The van der Waals surface area contributed by atoms with Crippen molar-refractivity contribution in [1.82, 2.24) is 0 Å². The molecular formula is C17H23BrO3. The molecule has 1 aromatic rings. The second-order valence-electron chi connectivity index (χ2n) is 5.91. The molecule has 4 heteroatoms. The van der Waals surface area contributed by atoms with Crippen LogP contribution in [0.5, 0.6) is 5.75 Å². The fourth-order valence-electron chi connectivity index (χ4n) is 3.07. The molecule has 1 aliphatic rings. The minimum Gasteiger partial charge on any atom is -0.494 e. The zero-order chi connectivity index (χ0) is 15.1. The lowest BCUT2D eigenvalue weighted by molar-refractivity contribution is -0.151. The van der Waals surface area contributed by atoms with Gasteiger partial charge in [0, 0.05) is 4.47 Å². The number of ether oxygens (including phenoxy) is 1. The maximum Gasteiger partial charge on any atom is 0.309 e. The van der Waals surface area contributed by atoms with Crippen molar-refractivity contribution < 1.29 is 14.6 Å². The Hall–Kier alpha value is -1.03. The largest absolute Gasteiger partial charge is 0.494 e. The van der Waals surface area contributed by atoms with Gasteiger partial charge in [-0.3, -0.25) is 4.79 Å². The number of carbonyl (C=O) groups is 1. The smallest absolute Gasteiger partial charge is 0.309 e. The second-order valence-corrected chi connectivity index (χ2v) is 6.82. The van der Waals surface area contributed by atoms with Crippen molar-refractivity contribution >= 4 is 21.9 Å². The van der Waals surface area contributed by atoms with E-state index in [4.69, 9.17) is 4.74 Å². The molecule has 1 N–H and O–H groups in total. The molecule has 0 atom stereocenters. The third kappa shape index (κ3) is 4.73. The molecule has 0 spiro atoms. The maximum atomic E-state index is 11.8. The van der Waals surface area contributed by atoms with Crippen LogP contribution in [0.2, 0.25) is 0 Å². The van der Waals surface area contributed by atoms with E-state index in [0.29, 0.717) is 13.0 Å². The highest BCUT2D eigenvalue weighted by molar-refractivity contribution is 9.10. The molecule has 0 bridgehead atoms. The van der Waals surface area contributed by atoms with E-state index < -0.39 is 11.4 Å². The van der Waals surface area contributed by atoms with Crippen molar-refractivity contribution in [3.05, 3.63) is 28.7 Å². The van der Waals surface area contributed by atoms with Gasteiger partial charge in [0.1, 0.15) is 5.75 Å². The molecule has 1 fully saturated rings. The first-order chi connectivity index (χ1) is 10.1. The predicted octanol–water partition coefficient (Wildman–Crippen LogP) is 5.03. The molecule has 116 valence electrons. The summed E-state index contributed by atoms with van der Waals surface area (Å²) in [6, 6.07) is 7.67. The van der Waals surface area contributed by atoms with Gasteiger partial charge in [-0.1, -0.05) is 54.1 Å². The molecule has 0 radical (unpaired) electrons. The van der Waals surface area contributed by atoms with Crippen LogP contribution in [0.1, 0.15) is 51.4 Å². The summed E-state index contributed by atoms with van der Waals surface area (Å²) in [4.78, 5) is 11.8. The van der Waals surface area contributed by atoms with Gasteiger partial charge < -0.3 is 9.84 Å². The molecule has 0 heterocycles. The topological polar surface area (TPSA) is 46.5 Å². The zero-order valence-electron chi connectivity index (χ0n) is 12.3.